The van der Waals surface area contributed by atoms with Gasteiger partial charge in [-0.1, -0.05) is 11.6 Å². The van der Waals surface area contributed by atoms with Crippen LogP contribution in [0.4, 0.5) is 0 Å². The molecule has 3 nitrogen and oxygen atoms in total. The maximum absolute atomic E-state index is 11.8. The van der Waals surface area contributed by atoms with Crippen molar-refractivity contribution in [3.8, 4) is 0 Å². The molecule has 0 bridgehead atoms. The summed E-state index contributed by atoms with van der Waals surface area (Å²) in [6.07, 6.45) is -0.0361. The van der Waals surface area contributed by atoms with Crippen molar-refractivity contribution in [1.29, 1.82) is 0 Å². The molecule has 1 heterocycles. The maximum Gasteiger partial charge on any atom is 0.309 e. The van der Waals surface area contributed by atoms with Crippen LogP contribution in [0.2, 0.25) is 5.02 Å². The number of aliphatic carboxylic acids is 1. The first kappa shape index (κ1) is 13.7. The second-order valence-corrected chi connectivity index (χ2v) is 6.80. The third-order valence-corrected chi connectivity index (χ3v) is 4.62. The zero-order valence-corrected chi connectivity index (χ0v) is 11.9. The first-order valence-electron chi connectivity index (χ1n) is 4.45. The topological polar surface area (TPSA) is 54.4 Å². The SMILES string of the molecule is CC(C)(CC(=O)c1cc(Cl)c(Br)s1)C(=O)O. The average Bonchev–Trinajstić information content (AvgIpc) is 2.46. The van der Waals surface area contributed by atoms with Gasteiger partial charge in [0.25, 0.3) is 0 Å². The summed E-state index contributed by atoms with van der Waals surface area (Å²) in [6, 6.07) is 1.55. The zero-order valence-electron chi connectivity index (χ0n) is 8.71. The van der Waals surface area contributed by atoms with E-state index in [1.165, 1.54) is 25.2 Å². The highest BCUT2D eigenvalue weighted by molar-refractivity contribution is 9.11. The van der Waals surface area contributed by atoms with Gasteiger partial charge in [0, 0.05) is 6.42 Å². The number of ketones is 1. The monoisotopic (exact) mass is 324 g/mol. The van der Waals surface area contributed by atoms with Crippen molar-refractivity contribution < 1.29 is 14.7 Å². The normalized spacial score (nSPS) is 11.5. The van der Waals surface area contributed by atoms with Crippen LogP contribution in [0.3, 0.4) is 0 Å². The number of hydrogen-bond acceptors (Lipinski definition) is 3. The Morgan fingerprint density at radius 1 is 1.56 bits per heavy atom. The van der Waals surface area contributed by atoms with Crippen molar-refractivity contribution in [3.63, 3.8) is 0 Å². The van der Waals surface area contributed by atoms with Gasteiger partial charge in [-0.3, -0.25) is 9.59 Å². The summed E-state index contributed by atoms with van der Waals surface area (Å²) in [6.45, 7) is 3.05. The van der Waals surface area contributed by atoms with Crippen LogP contribution >= 0.6 is 38.9 Å². The van der Waals surface area contributed by atoms with Gasteiger partial charge in [-0.15, -0.1) is 11.3 Å². The summed E-state index contributed by atoms with van der Waals surface area (Å²) in [5.74, 6) is -1.19. The van der Waals surface area contributed by atoms with Crippen molar-refractivity contribution in [1.82, 2.24) is 0 Å². The van der Waals surface area contributed by atoms with Gasteiger partial charge in [-0.2, -0.15) is 0 Å². The Labute approximate surface area is 111 Å². The number of carbonyl (C=O) groups excluding carboxylic acids is 1. The molecule has 0 aliphatic carbocycles. The molecule has 0 fully saturated rings. The van der Waals surface area contributed by atoms with E-state index in [0.717, 1.165) is 0 Å². The number of halogens is 2. The van der Waals surface area contributed by atoms with E-state index in [9.17, 15) is 9.59 Å². The number of hydrogen-bond donors (Lipinski definition) is 1. The fourth-order valence-corrected chi connectivity index (χ4v) is 2.69. The summed E-state index contributed by atoms with van der Waals surface area (Å²) in [5, 5.41) is 9.39. The quantitative estimate of drug-likeness (QED) is 0.856. The second-order valence-electron chi connectivity index (χ2n) is 4.02. The molecular formula is C10H10BrClO3S. The van der Waals surface area contributed by atoms with E-state index in [-0.39, 0.29) is 12.2 Å². The van der Waals surface area contributed by atoms with E-state index in [0.29, 0.717) is 13.7 Å². The van der Waals surface area contributed by atoms with Crippen molar-refractivity contribution in [3.05, 3.63) is 19.8 Å². The molecule has 0 radical (unpaired) electrons. The highest BCUT2D eigenvalue weighted by atomic mass is 79.9. The molecule has 0 saturated carbocycles. The molecule has 0 atom stereocenters. The molecule has 1 rings (SSSR count). The van der Waals surface area contributed by atoms with E-state index < -0.39 is 11.4 Å². The molecule has 0 spiro atoms. The van der Waals surface area contributed by atoms with E-state index >= 15 is 0 Å². The van der Waals surface area contributed by atoms with E-state index in [2.05, 4.69) is 15.9 Å². The van der Waals surface area contributed by atoms with Crippen molar-refractivity contribution >= 4 is 50.6 Å². The molecule has 1 aromatic rings. The number of rotatable bonds is 4. The van der Waals surface area contributed by atoms with Crippen LogP contribution < -0.4 is 0 Å². The fraction of sp³-hybridized carbons (Fsp3) is 0.400. The van der Waals surface area contributed by atoms with E-state index in [4.69, 9.17) is 16.7 Å². The molecule has 0 aromatic carbocycles. The predicted octanol–water partition coefficient (Wildman–Crippen LogP) is 3.85. The van der Waals surface area contributed by atoms with Gasteiger partial charge in [0.15, 0.2) is 5.78 Å². The largest absolute Gasteiger partial charge is 0.481 e. The highest BCUT2D eigenvalue weighted by Crippen LogP contribution is 2.34. The minimum absolute atomic E-state index is 0.0361. The predicted molar refractivity (Wildman–Crippen MR) is 67.4 cm³/mol. The van der Waals surface area contributed by atoms with Gasteiger partial charge in [0.1, 0.15) is 0 Å². The van der Waals surface area contributed by atoms with Gasteiger partial charge in [-0.05, 0) is 35.8 Å². The number of carbonyl (C=O) groups is 2. The van der Waals surface area contributed by atoms with Gasteiger partial charge in [0.2, 0.25) is 0 Å². The minimum atomic E-state index is -1.06. The number of Topliss-reactive ketones (excluding diaryl/α,β-unsaturated/α-hetero) is 1. The lowest BCUT2D eigenvalue weighted by atomic mass is 9.87. The standard InChI is InChI=1S/C10H10BrClO3S/c1-10(2,9(14)15)4-6(13)7-3-5(12)8(11)16-7/h3H,4H2,1-2H3,(H,14,15). The van der Waals surface area contributed by atoms with Crippen LogP contribution in [-0.4, -0.2) is 16.9 Å². The molecule has 6 heteroatoms. The summed E-state index contributed by atoms with van der Waals surface area (Å²) >= 11 is 10.2. The molecule has 0 amide bonds. The lowest BCUT2D eigenvalue weighted by Gasteiger charge is -2.16. The fourth-order valence-electron chi connectivity index (χ4n) is 1.05. The number of thiophene rings is 1. The lowest BCUT2D eigenvalue weighted by Crippen LogP contribution is -2.26. The molecular weight excluding hydrogens is 316 g/mol. The van der Waals surface area contributed by atoms with Crippen LogP contribution in [0.1, 0.15) is 29.9 Å². The van der Waals surface area contributed by atoms with Crippen molar-refractivity contribution in [2.24, 2.45) is 5.41 Å². The zero-order chi connectivity index (χ0) is 12.5. The van der Waals surface area contributed by atoms with E-state index in [1.807, 2.05) is 0 Å². The Balaban J connectivity index is 2.84. The first-order valence-corrected chi connectivity index (χ1v) is 6.44. The first-order chi connectivity index (χ1) is 7.24. The molecule has 16 heavy (non-hydrogen) atoms. The Kier molecular flexibility index (Phi) is 4.15. The summed E-state index contributed by atoms with van der Waals surface area (Å²) in [4.78, 5) is 23.2. The van der Waals surface area contributed by atoms with Gasteiger partial charge >= 0.3 is 5.97 Å². The third-order valence-electron chi connectivity index (χ3n) is 2.10. The minimum Gasteiger partial charge on any atom is -0.481 e. The molecule has 0 unspecified atom stereocenters. The Morgan fingerprint density at radius 3 is 2.50 bits per heavy atom. The maximum atomic E-state index is 11.8. The summed E-state index contributed by atoms with van der Waals surface area (Å²) < 4.78 is 0.686. The van der Waals surface area contributed by atoms with Crippen LogP contribution in [-0.2, 0) is 4.79 Å². The molecule has 88 valence electrons. The van der Waals surface area contributed by atoms with Crippen LogP contribution in [0, 0.1) is 5.41 Å². The Bertz CT molecular complexity index is 420. The van der Waals surface area contributed by atoms with E-state index in [1.54, 1.807) is 6.07 Å². The lowest BCUT2D eigenvalue weighted by molar-refractivity contribution is -0.146. The molecule has 0 aliphatic rings. The summed E-state index contributed by atoms with van der Waals surface area (Å²) in [5.41, 5.74) is -1.06. The van der Waals surface area contributed by atoms with Crippen molar-refractivity contribution in [2.45, 2.75) is 20.3 Å². The van der Waals surface area contributed by atoms with Gasteiger partial charge in [0.05, 0.1) is 19.1 Å². The number of carboxylic acids is 1. The Morgan fingerprint density at radius 2 is 2.12 bits per heavy atom. The van der Waals surface area contributed by atoms with Gasteiger partial charge < -0.3 is 5.11 Å². The summed E-state index contributed by atoms with van der Waals surface area (Å²) in [7, 11) is 0. The van der Waals surface area contributed by atoms with Crippen LogP contribution in [0.5, 0.6) is 0 Å². The molecule has 1 N–H and O–H groups in total. The number of carboxylic acid groups (broad SMARTS) is 1. The second kappa shape index (κ2) is 4.85. The van der Waals surface area contributed by atoms with Gasteiger partial charge in [-0.25, -0.2) is 0 Å². The Hall–Kier alpha value is -0.390. The third kappa shape index (κ3) is 3.06. The van der Waals surface area contributed by atoms with Crippen molar-refractivity contribution in [2.75, 3.05) is 0 Å². The van der Waals surface area contributed by atoms with Crippen LogP contribution in [0.25, 0.3) is 0 Å². The highest BCUT2D eigenvalue weighted by Gasteiger charge is 2.31. The smallest absolute Gasteiger partial charge is 0.309 e. The average molecular weight is 326 g/mol. The molecule has 0 aliphatic heterocycles. The van der Waals surface area contributed by atoms with Crippen LogP contribution in [0.15, 0.2) is 9.85 Å². The molecule has 0 saturated heterocycles. The molecule has 1 aromatic heterocycles.